The number of rotatable bonds is 6. The van der Waals surface area contributed by atoms with E-state index >= 15 is 0 Å². The molecule has 0 saturated carbocycles. The standard InChI is InChI=1S/C12H13N5.C6H13NO2.2H2/c1-8-4-10(2-3-15-8)17-11-7-16-12(14)5-9(11)6-13;8-7-3-1-6-2-4-9-5-6;;/h2-7,13H,1H3,(H2,14,16)(H,15,17);6-8H,1-5H2;2*1H. The van der Waals surface area contributed by atoms with E-state index in [0.717, 1.165) is 43.1 Å². The maximum Gasteiger partial charge on any atom is 0.124 e. The lowest BCUT2D eigenvalue weighted by molar-refractivity contribution is 0.151. The molecule has 8 heteroatoms. The lowest BCUT2D eigenvalue weighted by Crippen LogP contribution is -2.13. The summed E-state index contributed by atoms with van der Waals surface area (Å²) >= 11 is 0. The van der Waals surface area contributed by atoms with E-state index in [9.17, 15) is 0 Å². The van der Waals surface area contributed by atoms with Crippen LogP contribution in [0.5, 0.6) is 0 Å². The molecule has 144 valence electrons. The molecule has 0 radical (unpaired) electrons. The summed E-state index contributed by atoms with van der Waals surface area (Å²) in [5.74, 6) is 1.07. The Morgan fingerprint density at radius 2 is 2.31 bits per heavy atom. The largest absolute Gasteiger partial charge is 0.384 e. The van der Waals surface area contributed by atoms with Crippen molar-refractivity contribution < 1.29 is 12.8 Å². The third kappa shape index (κ3) is 6.40. The first-order valence-corrected chi connectivity index (χ1v) is 8.52. The molecule has 3 rings (SSSR count). The van der Waals surface area contributed by atoms with Gasteiger partial charge in [0.15, 0.2) is 0 Å². The van der Waals surface area contributed by atoms with Crippen molar-refractivity contribution in [3.8, 4) is 0 Å². The van der Waals surface area contributed by atoms with Gasteiger partial charge in [-0.15, -0.1) is 0 Å². The maximum atomic E-state index is 8.24. The van der Waals surface area contributed by atoms with Crippen molar-refractivity contribution in [2.24, 2.45) is 5.92 Å². The van der Waals surface area contributed by atoms with Gasteiger partial charge < -0.3 is 26.4 Å². The molecule has 8 nitrogen and oxygen atoms in total. The van der Waals surface area contributed by atoms with Gasteiger partial charge in [0.25, 0.3) is 0 Å². The Morgan fingerprint density at radius 1 is 1.46 bits per heavy atom. The van der Waals surface area contributed by atoms with Crippen LogP contribution in [-0.4, -0.2) is 41.1 Å². The molecular weight excluding hydrogens is 332 g/mol. The zero-order chi connectivity index (χ0) is 18.8. The highest BCUT2D eigenvalue weighted by Gasteiger charge is 2.14. The minimum atomic E-state index is 0. The number of hydrogen-bond acceptors (Lipinski definition) is 8. The van der Waals surface area contributed by atoms with Crippen LogP contribution in [0.4, 0.5) is 17.2 Å². The summed E-state index contributed by atoms with van der Waals surface area (Å²) < 4.78 is 5.14. The molecule has 26 heavy (non-hydrogen) atoms. The molecule has 6 N–H and O–H groups in total. The van der Waals surface area contributed by atoms with E-state index in [-0.39, 0.29) is 2.85 Å². The van der Waals surface area contributed by atoms with Crippen molar-refractivity contribution in [1.82, 2.24) is 15.4 Å². The molecule has 0 amide bonds. The fraction of sp³-hybridized carbons (Fsp3) is 0.389. The number of pyridine rings is 2. The van der Waals surface area contributed by atoms with Crippen LogP contribution in [0, 0.1) is 18.3 Å². The Hall–Kier alpha value is -2.55. The zero-order valence-electron chi connectivity index (χ0n) is 14.9. The maximum absolute atomic E-state index is 8.24. The number of ether oxygens (including phenoxy) is 1. The molecule has 1 unspecified atom stereocenters. The van der Waals surface area contributed by atoms with E-state index in [1.165, 1.54) is 6.21 Å². The molecular formula is C18H30N6O2. The highest BCUT2D eigenvalue weighted by atomic mass is 16.5. The molecule has 1 saturated heterocycles. The second-order valence-electron chi connectivity index (χ2n) is 6.08. The van der Waals surface area contributed by atoms with Crippen molar-refractivity contribution in [1.29, 1.82) is 5.41 Å². The number of aromatic nitrogens is 2. The third-order valence-electron chi connectivity index (χ3n) is 3.98. The summed E-state index contributed by atoms with van der Waals surface area (Å²) in [6, 6.07) is 5.44. The van der Waals surface area contributed by atoms with Crippen LogP contribution in [0.25, 0.3) is 0 Å². The van der Waals surface area contributed by atoms with Crippen LogP contribution >= 0.6 is 0 Å². The van der Waals surface area contributed by atoms with E-state index in [2.05, 4.69) is 20.8 Å². The molecule has 0 aromatic carbocycles. The van der Waals surface area contributed by atoms with Gasteiger partial charge in [-0.05, 0) is 43.9 Å². The topological polar surface area (TPSA) is 129 Å². The van der Waals surface area contributed by atoms with Crippen LogP contribution in [0.3, 0.4) is 0 Å². The van der Waals surface area contributed by atoms with E-state index in [1.54, 1.807) is 18.5 Å². The zero-order valence-corrected chi connectivity index (χ0v) is 14.9. The molecule has 2 aromatic heterocycles. The van der Waals surface area contributed by atoms with Gasteiger partial charge in [0.1, 0.15) is 5.82 Å². The first-order valence-electron chi connectivity index (χ1n) is 8.52. The van der Waals surface area contributed by atoms with Gasteiger partial charge in [0.05, 0.1) is 11.9 Å². The second-order valence-corrected chi connectivity index (χ2v) is 6.08. The number of nitrogens with zero attached hydrogens (tertiary/aromatic N) is 2. The van der Waals surface area contributed by atoms with Crippen molar-refractivity contribution in [2.45, 2.75) is 19.8 Å². The number of hydroxylamine groups is 1. The third-order valence-corrected chi connectivity index (χ3v) is 3.98. The quantitative estimate of drug-likeness (QED) is 0.394. The predicted molar refractivity (Wildman–Crippen MR) is 106 cm³/mol. The smallest absolute Gasteiger partial charge is 0.124 e. The van der Waals surface area contributed by atoms with E-state index < -0.39 is 0 Å². The van der Waals surface area contributed by atoms with E-state index in [4.69, 9.17) is 21.1 Å². The molecule has 0 spiro atoms. The Labute approximate surface area is 156 Å². The highest BCUT2D eigenvalue weighted by Crippen LogP contribution is 2.20. The fourth-order valence-electron chi connectivity index (χ4n) is 2.57. The van der Waals surface area contributed by atoms with Crippen molar-refractivity contribution in [3.63, 3.8) is 0 Å². The average Bonchev–Trinajstić information content (AvgIpc) is 3.15. The van der Waals surface area contributed by atoms with Crippen LogP contribution in [0.2, 0.25) is 0 Å². The van der Waals surface area contributed by atoms with Crippen molar-refractivity contribution in [2.75, 3.05) is 30.8 Å². The predicted octanol–water partition coefficient (Wildman–Crippen LogP) is 2.99. The van der Waals surface area contributed by atoms with Gasteiger partial charge >= 0.3 is 0 Å². The van der Waals surface area contributed by atoms with Crippen LogP contribution < -0.4 is 16.5 Å². The number of nitrogens with two attached hydrogens (primary N) is 1. The lowest BCUT2D eigenvalue weighted by Gasteiger charge is -2.09. The average molecular weight is 362 g/mol. The van der Waals surface area contributed by atoms with E-state index in [1.807, 2.05) is 19.1 Å². The summed E-state index contributed by atoms with van der Waals surface area (Å²) in [5.41, 5.74) is 11.0. The Balaban J connectivity index is 0.000000570. The highest BCUT2D eigenvalue weighted by molar-refractivity contribution is 5.88. The summed E-state index contributed by atoms with van der Waals surface area (Å²) in [6.07, 6.45) is 6.77. The normalized spacial score (nSPS) is 15.8. The van der Waals surface area contributed by atoms with Gasteiger partial charge in [-0.1, -0.05) is 0 Å². The summed E-state index contributed by atoms with van der Waals surface area (Å²) in [5, 5.41) is 18.7. The second kappa shape index (κ2) is 10.4. The van der Waals surface area contributed by atoms with Gasteiger partial charge in [0.2, 0.25) is 0 Å². The molecule has 2 aromatic rings. The fourth-order valence-corrected chi connectivity index (χ4v) is 2.57. The van der Waals surface area contributed by atoms with Gasteiger partial charge in [-0.3, -0.25) is 4.98 Å². The molecule has 3 heterocycles. The Bertz CT molecular complexity index is 714. The SMILES string of the molecule is Cc1cc(Nc2cnc(N)cc2C=N)ccn1.ONCCC1CCOC1.[HH].[HH]. The summed E-state index contributed by atoms with van der Waals surface area (Å²) in [6.45, 7) is 4.38. The molecule has 1 fully saturated rings. The number of hydrogen-bond donors (Lipinski definition) is 5. The van der Waals surface area contributed by atoms with Crippen molar-refractivity contribution >= 4 is 23.4 Å². The van der Waals surface area contributed by atoms with E-state index in [0.29, 0.717) is 23.8 Å². The first kappa shape index (κ1) is 19.8. The molecule has 1 aliphatic heterocycles. The van der Waals surface area contributed by atoms with Crippen LogP contribution in [0.15, 0.2) is 30.6 Å². The summed E-state index contributed by atoms with van der Waals surface area (Å²) in [7, 11) is 0. The summed E-state index contributed by atoms with van der Waals surface area (Å²) in [4.78, 5) is 8.12. The molecule has 1 atom stereocenters. The minimum Gasteiger partial charge on any atom is -0.384 e. The molecule has 0 aliphatic carbocycles. The number of nitrogen functional groups attached to an aromatic ring is 1. The minimum absolute atomic E-state index is 0. The first-order chi connectivity index (χ1) is 12.6. The number of anilines is 3. The molecule has 1 aliphatic rings. The van der Waals surface area contributed by atoms with Crippen LogP contribution in [-0.2, 0) is 4.74 Å². The van der Waals surface area contributed by atoms with Gasteiger partial charge in [0, 0.05) is 52.0 Å². The van der Waals surface area contributed by atoms with Crippen LogP contribution in [0.1, 0.15) is 27.0 Å². The monoisotopic (exact) mass is 362 g/mol. The number of nitrogens with one attached hydrogen (secondary N) is 3. The van der Waals surface area contributed by atoms with Gasteiger partial charge in [-0.25, -0.2) is 10.5 Å². The lowest BCUT2D eigenvalue weighted by atomic mass is 10.1. The van der Waals surface area contributed by atoms with Gasteiger partial charge in [-0.2, -0.15) is 0 Å². The van der Waals surface area contributed by atoms with Crippen molar-refractivity contribution in [3.05, 3.63) is 41.9 Å². The Morgan fingerprint density at radius 3 is 2.96 bits per heavy atom. The molecule has 0 bridgehead atoms. The number of aryl methyl sites for hydroxylation is 1. The Kier molecular flexibility index (Phi) is 7.94.